The molecule has 0 saturated carbocycles. The maximum atomic E-state index is 11.8. The fourth-order valence-electron chi connectivity index (χ4n) is 2.26. The molecule has 2 rings (SSSR count). The molecule has 0 aliphatic carbocycles. The van der Waals surface area contributed by atoms with Gasteiger partial charge in [0.05, 0.1) is 23.7 Å². The average Bonchev–Trinajstić information content (AvgIpc) is 2.86. The molecule has 0 fully saturated rings. The second-order valence-electron chi connectivity index (χ2n) is 4.78. The van der Waals surface area contributed by atoms with Crippen molar-refractivity contribution in [2.75, 3.05) is 6.61 Å². The van der Waals surface area contributed by atoms with E-state index in [1.807, 2.05) is 31.2 Å². The molecule has 6 heteroatoms. The van der Waals surface area contributed by atoms with Gasteiger partial charge >= 0.3 is 5.97 Å². The third kappa shape index (κ3) is 3.33. The first-order chi connectivity index (χ1) is 10.6. The zero-order valence-corrected chi connectivity index (χ0v) is 12.7. The fourth-order valence-corrected chi connectivity index (χ4v) is 2.26. The van der Waals surface area contributed by atoms with E-state index in [0.717, 1.165) is 11.0 Å². The number of hydrogen-bond donors (Lipinski definition) is 1. The number of nitrogens with one attached hydrogen (secondary N) is 1. The van der Waals surface area contributed by atoms with E-state index in [9.17, 15) is 9.59 Å². The summed E-state index contributed by atoms with van der Waals surface area (Å²) in [4.78, 5) is 27.8. The molecular weight excluding hydrogens is 282 g/mol. The molecule has 1 aromatic carbocycles. The van der Waals surface area contributed by atoms with Crippen LogP contribution in [0.3, 0.4) is 0 Å². The minimum absolute atomic E-state index is 0.0536. The molecule has 6 nitrogen and oxygen atoms in total. The maximum Gasteiger partial charge on any atom is 0.326 e. The third-order valence-electron chi connectivity index (χ3n) is 3.21. The molecule has 0 aliphatic rings. The Labute approximate surface area is 128 Å². The van der Waals surface area contributed by atoms with Gasteiger partial charge in [-0.15, -0.1) is 0 Å². The number of para-hydroxylation sites is 2. The second kappa shape index (κ2) is 6.89. The van der Waals surface area contributed by atoms with Crippen LogP contribution in [0.25, 0.3) is 11.0 Å². The number of imidazole rings is 1. The summed E-state index contributed by atoms with van der Waals surface area (Å²) < 4.78 is 6.78. The molecule has 1 unspecified atom stereocenters. The number of carbonyl (C=O) groups is 2. The van der Waals surface area contributed by atoms with E-state index in [-0.39, 0.29) is 24.5 Å². The third-order valence-corrected chi connectivity index (χ3v) is 3.21. The van der Waals surface area contributed by atoms with E-state index in [1.165, 1.54) is 6.08 Å². The van der Waals surface area contributed by atoms with Crippen molar-refractivity contribution in [3.8, 4) is 0 Å². The topological polar surface area (TPSA) is 73.2 Å². The van der Waals surface area contributed by atoms with E-state index in [0.29, 0.717) is 12.4 Å². The number of rotatable bonds is 6. The molecule has 0 saturated heterocycles. The van der Waals surface area contributed by atoms with Crippen LogP contribution < -0.4 is 5.32 Å². The Morgan fingerprint density at radius 3 is 2.86 bits per heavy atom. The molecule has 116 valence electrons. The highest BCUT2D eigenvalue weighted by molar-refractivity contribution is 5.87. The number of ether oxygens (including phenoxy) is 1. The molecule has 0 bridgehead atoms. The lowest BCUT2D eigenvalue weighted by Gasteiger charge is -2.15. The number of hydrogen-bond acceptors (Lipinski definition) is 4. The molecule has 2 aromatic rings. The summed E-state index contributed by atoms with van der Waals surface area (Å²) in [5.41, 5.74) is 1.59. The Bertz CT molecular complexity index is 706. The van der Waals surface area contributed by atoms with Crippen LogP contribution in [0.5, 0.6) is 0 Å². The van der Waals surface area contributed by atoms with Crippen molar-refractivity contribution in [2.45, 2.75) is 26.4 Å². The predicted molar refractivity (Wildman–Crippen MR) is 83.1 cm³/mol. The van der Waals surface area contributed by atoms with Crippen molar-refractivity contribution in [1.29, 1.82) is 0 Å². The van der Waals surface area contributed by atoms with Crippen molar-refractivity contribution in [2.24, 2.45) is 0 Å². The van der Waals surface area contributed by atoms with Gasteiger partial charge in [-0.25, -0.2) is 4.98 Å². The zero-order valence-electron chi connectivity index (χ0n) is 12.7. The molecule has 1 amide bonds. The summed E-state index contributed by atoms with van der Waals surface area (Å²) in [5.74, 6) is -0.0270. The maximum absolute atomic E-state index is 11.8. The van der Waals surface area contributed by atoms with Crippen LogP contribution in [0.15, 0.2) is 36.9 Å². The number of benzene rings is 1. The van der Waals surface area contributed by atoms with Gasteiger partial charge in [0.25, 0.3) is 0 Å². The lowest BCUT2D eigenvalue weighted by atomic mass is 10.3. The van der Waals surface area contributed by atoms with Crippen molar-refractivity contribution in [3.63, 3.8) is 0 Å². The van der Waals surface area contributed by atoms with Gasteiger partial charge in [-0.3, -0.25) is 9.59 Å². The van der Waals surface area contributed by atoms with Crippen LogP contribution in [-0.4, -0.2) is 28.0 Å². The van der Waals surface area contributed by atoms with Crippen molar-refractivity contribution >= 4 is 22.9 Å². The van der Waals surface area contributed by atoms with Crippen LogP contribution in [0.2, 0.25) is 0 Å². The Hall–Kier alpha value is -2.63. The van der Waals surface area contributed by atoms with Gasteiger partial charge in [0.1, 0.15) is 12.4 Å². The summed E-state index contributed by atoms with van der Waals surface area (Å²) in [6.45, 7) is 7.38. The molecule has 0 aliphatic heterocycles. The van der Waals surface area contributed by atoms with Crippen molar-refractivity contribution in [3.05, 3.63) is 42.7 Å². The highest BCUT2D eigenvalue weighted by atomic mass is 16.5. The van der Waals surface area contributed by atoms with E-state index in [2.05, 4.69) is 16.9 Å². The van der Waals surface area contributed by atoms with Gasteiger partial charge in [-0.05, 0) is 32.1 Å². The van der Waals surface area contributed by atoms with Gasteiger partial charge in [-0.2, -0.15) is 0 Å². The minimum atomic E-state index is -0.354. The van der Waals surface area contributed by atoms with Crippen LogP contribution in [0, 0.1) is 0 Å². The zero-order chi connectivity index (χ0) is 16.1. The molecule has 22 heavy (non-hydrogen) atoms. The number of amides is 1. The first-order valence-corrected chi connectivity index (χ1v) is 7.10. The monoisotopic (exact) mass is 301 g/mol. The Kier molecular flexibility index (Phi) is 4.93. The van der Waals surface area contributed by atoms with Gasteiger partial charge < -0.3 is 14.6 Å². The average molecular weight is 301 g/mol. The molecule has 1 aromatic heterocycles. The normalized spacial score (nSPS) is 11.9. The smallest absolute Gasteiger partial charge is 0.326 e. The highest BCUT2D eigenvalue weighted by Gasteiger charge is 2.19. The number of nitrogens with zero attached hydrogens (tertiary/aromatic N) is 2. The molecular formula is C16H19N3O3. The van der Waals surface area contributed by atoms with Gasteiger partial charge in [0, 0.05) is 0 Å². The van der Waals surface area contributed by atoms with E-state index >= 15 is 0 Å². The lowest BCUT2D eigenvalue weighted by molar-refractivity contribution is -0.143. The molecule has 0 spiro atoms. The first-order valence-electron chi connectivity index (χ1n) is 7.10. The first kappa shape index (κ1) is 15.8. The van der Waals surface area contributed by atoms with Crippen LogP contribution in [0.1, 0.15) is 25.7 Å². The molecule has 1 heterocycles. The van der Waals surface area contributed by atoms with E-state index < -0.39 is 0 Å². The molecule has 1 atom stereocenters. The quantitative estimate of drug-likeness (QED) is 0.654. The van der Waals surface area contributed by atoms with Crippen LogP contribution in [0.4, 0.5) is 0 Å². The van der Waals surface area contributed by atoms with Crippen LogP contribution >= 0.6 is 0 Å². The number of fused-ring (bicyclic) bond motifs is 1. The number of aromatic nitrogens is 2. The highest BCUT2D eigenvalue weighted by Crippen LogP contribution is 2.21. The van der Waals surface area contributed by atoms with E-state index in [1.54, 1.807) is 11.5 Å². The fraction of sp³-hybridized carbons (Fsp3) is 0.312. The number of esters is 1. The Balaban J connectivity index is 2.41. The van der Waals surface area contributed by atoms with Crippen molar-refractivity contribution in [1.82, 2.24) is 14.9 Å². The lowest BCUT2D eigenvalue weighted by Crippen LogP contribution is -2.28. The SMILES string of the molecule is C=CC(=O)NC(C)c1nc2ccccc2n1CC(=O)OCC. The van der Waals surface area contributed by atoms with Crippen LogP contribution in [-0.2, 0) is 20.9 Å². The minimum Gasteiger partial charge on any atom is -0.465 e. The standard InChI is InChI=1S/C16H19N3O3/c1-4-14(20)17-11(3)16-18-12-8-6-7-9-13(12)19(16)10-15(21)22-5-2/h4,6-9,11H,1,5,10H2,2-3H3,(H,17,20). The summed E-state index contributed by atoms with van der Waals surface area (Å²) in [6.07, 6.45) is 1.20. The van der Waals surface area contributed by atoms with E-state index in [4.69, 9.17) is 4.74 Å². The molecule has 0 radical (unpaired) electrons. The molecule has 1 N–H and O–H groups in total. The summed E-state index contributed by atoms with van der Waals surface area (Å²) in [5, 5.41) is 2.76. The largest absolute Gasteiger partial charge is 0.465 e. The predicted octanol–water partition coefficient (Wildman–Crippen LogP) is 1.96. The summed E-state index contributed by atoms with van der Waals surface area (Å²) in [6, 6.07) is 7.14. The van der Waals surface area contributed by atoms with Gasteiger partial charge in [0.15, 0.2) is 0 Å². The summed E-state index contributed by atoms with van der Waals surface area (Å²) in [7, 11) is 0. The second-order valence-corrected chi connectivity index (χ2v) is 4.78. The Morgan fingerprint density at radius 2 is 2.18 bits per heavy atom. The number of carbonyl (C=O) groups excluding carboxylic acids is 2. The summed E-state index contributed by atoms with van der Waals surface area (Å²) >= 11 is 0. The van der Waals surface area contributed by atoms with Gasteiger partial charge in [0.2, 0.25) is 5.91 Å². The van der Waals surface area contributed by atoms with Crippen molar-refractivity contribution < 1.29 is 14.3 Å². The Morgan fingerprint density at radius 1 is 1.45 bits per heavy atom. The van der Waals surface area contributed by atoms with Gasteiger partial charge in [-0.1, -0.05) is 18.7 Å².